The molecule has 2 atom stereocenters. The van der Waals surface area contributed by atoms with Gasteiger partial charge in [0.25, 0.3) is 5.91 Å². The van der Waals surface area contributed by atoms with Crippen molar-refractivity contribution in [2.75, 3.05) is 5.32 Å². The van der Waals surface area contributed by atoms with Crippen molar-refractivity contribution in [2.45, 2.75) is 6.04 Å². The van der Waals surface area contributed by atoms with Gasteiger partial charge < -0.3 is 15.8 Å². The molecule has 2 aromatic carbocycles. The van der Waals surface area contributed by atoms with Gasteiger partial charge in [0.2, 0.25) is 5.91 Å². The van der Waals surface area contributed by atoms with Crippen molar-refractivity contribution in [3.05, 3.63) is 65.4 Å². The maximum absolute atomic E-state index is 12.3. The van der Waals surface area contributed by atoms with Crippen molar-refractivity contribution >= 4 is 41.2 Å². The molecule has 2 unspecified atom stereocenters. The molecule has 0 aliphatic carbocycles. The van der Waals surface area contributed by atoms with Crippen molar-refractivity contribution in [2.24, 2.45) is 4.99 Å². The van der Waals surface area contributed by atoms with Gasteiger partial charge in [-0.25, -0.2) is 5.21 Å². The van der Waals surface area contributed by atoms with E-state index in [4.69, 9.17) is 5.21 Å². The van der Waals surface area contributed by atoms with Gasteiger partial charge in [0.05, 0.1) is 11.4 Å². The number of hydrogen-bond acceptors (Lipinski definition) is 5. The number of anilines is 1. The highest BCUT2D eigenvalue weighted by Gasteiger charge is 2.22. The number of hydrogen-bond donors (Lipinski definition) is 4. The molecule has 1 aliphatic heterocycles. The zero-order valence-electron chi connectivity index (χ0n) is 13.5. The summed E-state index contributed by atoms with van der Waals surface area (Å²) in [5, 5.41) is 24.1. The molecule has 0 fully saturated rings. The largest absolute Gasteiger partial charge is 0.595 e. The second kappa shape index (κ2) is 7.70. The molecule has 2 aromatic rings. The molecule has 2 amide bonds. The number of quaternary nitrogens is 1. The smallest absolute Gasteiger partial charge is 0.252 e. The highest BCUT2D eigenvalue weighted by Crippen LogP contribution is 2.28. The lowest BCUT2D eigenvalue weighted by Gasteiger charge is -2.14. The van der Waals surface area contributed by atoms with Crippen LogP contribution in [0.3, 0.4) is 0 Å². The number of carbonyl (C=O) groups excluding carboxylic acids is 2. The Morgan fingerprint density at radius 2 is 2.04 bits per heavy atom. The van der Waals surface area contributed by atoms with Crippen molar-refractivity contribution in [3.63, 3.8) is 0 Å². The summed E-state index contributed by atoms with van der Waals surface area (Å²) in [5.74, 6) is -0.950. The maximum atomic E-state index is 12.3. The normalized spacial score (nSPS) is 17.3. The standard InChI is InChI=1S/C18H16N4O4/c23-17(9-6-12-4-2-1-3-5-12)20-16-11-19-14-8-7-13(22(25)26)10-15(14)21-18(16)24/h1-11,16,22,25H,(H,20,23)(H,21,24)/b9-6-. The number of rotatable bonds is 4. The van der Waals surface area contributed by atoms with E-state index >= 15 is 0 Å². The third kappa shape index (κ3) is 4.19. The summed E-state index contributed by atoms with van der Waals surface area (Å²) in [6.07, 6.45) is 4.28. The fraction of sp³-hybridized carbons (Fsp3) is 0.0556. The number of nitrogens with zero attached hydrogens (tertiary/aromatic N) is 1. The Morgan fingerprint density at radius 1 is 1.27 bits per heavy atom. The van der Waals surface area contributed by atoms with Crippen LogP contribution in [0, 0.1) is 5.21 Å². The molecular weight excluding hydrogens is 336 g/mol. The van der Waals surface area contributed by atoms with Crippen LogP contribution in [0.1, 0.15) is 5.56 Å². The SMILES string of the molecule is O=C(/C=C\c1ccccc1)NC1C=Nc2ccc([NH+]([O-])O)cc2NC1=O. The Kier molecular flexibility index (Phi) is 5.18. The van der Waals surface area contributed by atoms with Gasteiger partial charge in [-0.1, -0.05) is 30.3 Å². The summed E-state index contributed by atoms with van der Waals surface area (Å²) in [5.41, 5.74) is 1.59. The number of aliphatic imine (C=N–C) groups is 1. The molecule has 0 bridgehead atoms. The van der Waals surface area contributed by atoms with Crippen LogP contribution in [0.15, 0.2) is 59.6 Å². The summed E-state index contributed by atoms with van der Waals surface area (Å²) in [4.78, 5) is 28.5. The highest BCUT2D eigenvalue weighted by molar-refractivity contribution is 6.11. The van der Waals surface area contributed by atoms with Crippen LogP contribution in [0.2, 0.25) is 0 Å². The highest BCUT2D eigenvalue weighted by atomic mass is 16.8. The fourth-order valence-corrected chi connectivity index (χ4v) is 2.36. The van der Waals surface area contributed by atoms with E-state index in [9.17, 15) is 14.8 Å². The van der Waals surface area contributed by atoms with E-state index in [0.29, 0.717) is 5.69 Å². The van der Waals surface area contributed by atoms with E-state index in [1.165, 1.54) is 30.5 Å². The molecule has 132 valence electrons. The summed E-state index contributed by atoms with van der Waals surface area (Å²) in [6, 6.07) is 12.5. The zero-order valence-corrected chi connectivity index (χ0v) is 13.5. The number of benzene rings is 2. The van der Waals surface area contributed by atoms with Gasteiger partial charge in [-0.3, -0.25) is 14.6 Å². The number of nitrogens with one attached hydrogen (secondary N) is 3. The van der Waals surface area contributed by atoms with Crippen LogP contribution in [0.5, 0.6) is 0 Å². The lowest BCUT2D eigenvalue weighted by molar-refractivity contribution is -0.991. The van der Waals surface area contributed by atoms with Gasteiger partial charge in [0.1, 0.15) is 6.04 Å². The Hall–Kier alpha value is -3.33. The van der Waals surface area contributed by atoms with E-state index in [2.05, 4.69) is 15.6 Å². The quantitative estimate of drug-likeness (QED) is 0.484. The molecule has 8 nitrogen and oxygen atoms in total. The lowest BCUT2D eigenvalue weighted by Crippen LogP contribution is -2.99. The predicted molar refractivity (Wildman–Crippen MR) is 96.4 cm³/mol. The Balaban J connectivity index is 1.70. The Bertz CT molecular complexity index is 878. The Morgan fingerprint density at radius 3 is 2.77 bits per heavy atom. The van der Waals surface area contributed by atoms with E-state index in [0.717, 1.165) is 5.56 Å². The minimum absolute atomic E-state index is 0.0348. The van der Waals surface area contributed by atoms with Crippen molar-refractivity contribution < 1.29 is 20.0 Å². The molecule has 1 heterocycles. The number of amides is 2. The number of carbonyl (C=O) groups is 2. The van der Waals surface area contributed by atoms with E-state index < -0.39 is 23.1 Å². The molecule has 0 saturated carbocycles. The monoisotopic (exact) mass is 352 g/mol. The van der Waals surface area contributed by atoms with Crippen LogP contribution in [-0.4, -0.2) is 29.3 Å². The van der Waals surface area contributed by atoms with Gasteiger partial charge in [0.15, 0.2) is 5.69 Å². The molecule has 1 aliphatic rings. The van der Waals surface area contributed by atoms with Crippen LogP contribution >= 0.6 is 0 Å². The minimum atomic E-state index is -1.11. The third-order valence-corrected chi connectivity index (χ3v) is 3.67. The van der Waals surface area contributed by atoms with Crippen molar-refractivity contribution in [1.29, 1.82) is 0 Å². The molecule has 0 saturated heterocycles. The van der Waals surface area contributed by atoms with Crippen LogP contribution in [0.4, 0.5) is 17.1 Å². The summed E-state index contributed by atoms with van der Waals surface area (Å²) in [6.45, 7) is 0. The van der Waals surface area contributed by atoms with Crippen LogP contribution in [-0.2, 0) is 9.59 Å². The van der Waals surface area contributed by atoms with E-state index in [1.54, 1.807) is 6.08 Å². The molecule has 0 radical (unpaired) electrons. The Labute approximate surface area is 149 Å². The lowest BCUT2D eigenvalue weighted by atomic mass is 10.2. The first kappa shape index (κ1) is 17.5. The first-order chi connectivity index (χ1) is 12.5. The van der Waals surface area contributed by atoms with E-state index in [-0.39, 0.29) is 11.4 Å². The second-order valence-corrected chi connectivity index (χ2v) is 5.53. The molecular formula is C18H16N4O4. The number of fused-ring (bicyclic) bond motifs is 1. The van der Waals surface area contributed by atoms with Gasteiger partial charge in [-0.15, -0.1) is 0 Å². The van der Waals surface area contributed by atoms with Gasteiger partial charge in [0, 0.05) is 24.4 Å². The summed E-state index contributed by atoms with van der Waals surface area (Å²) < 4.78 is 0. The average molecular weight is 352 g/mol. The molecule has 4 N–H and O–H groups in total. The maximum Gasteiger partial charge on any atom is 0.252 e. The topological polar surface area (TPSA) is 118 Å². The first-order valence-corrected chi connectivity index (χ1v) is 7.79. The summed E-state index contributed by atoms with van der Waals surface area (Å²) in [7, 11) is 0. The third-order valence-electron chi connectivity index (χ3n) is 3.67. The summed E-state index contributed by atoms with van der Waals surface area (Å²) >= 11 is 0. The molecule has 0 aromatic heterocycles. The zero-order chi connectivity index (χ0) is 18.5. The van der Waals surface area contributed by atoms with Crippen LogP contribution in [0.25, 0.3) is 6.08 Å². The first-order valence-electron chi connectivity index (χ1n) is 7.79. The minimum Gasteiger partial charge on any atom is -0.595 e. The van der Waals surface area contributed by atoms with Gasteiger partial charge in [-0.05, 0) is 17.7 Å². The fourth-order valence-electron chi connectivity index (χ4n) is 2.36. The van der Waals surface area contributed by atoms with Crippen molar-refractivity contribution in [3.8, 4) is 0 Å². The van der Waals surface area contributed by atoms with Crippen molar-refractivity contribution in [1.82, 2.24) is 5.32 Å². The second-order valence-electron chi connectivity index (χ2n) is 5.53. The molecule has 26 heavy (non-hydrogen) atoms. The molecule has 3 rings (SSSR count). The van der Waals surface area contributed by atoms with Gasteiger partial charge in [-0.2, -0.15) is 5.23 Å². The average Bonchev–Trinajstić information content (AvgIpc) is 2.79. The molecule has 8 heteroatoms. The van der Waals surface area contributed by atoms with Crippen LogP contribution < -0.4 is 15.9 Å². The van der Waals surface area contributed by atoms with E-state index in [1.807, 2.05) is 30.3 Å². The van der Waals surface area contributed by atoms with Gasteiger partial charge >= 0.3 is 0 Å². The molecule has 0 spiro atoms. The predicted octanol–water partition coefficient (Wildman–Crippen LogP) is 0.943.